The van der Waals surface area contributed by atoms with Crippen LogP contribution in [0.4, 0.5) is 17.6 Å². The molecule has 1 saturated carbocycles. The van der Waals surface area contributed by atoms with Crippen molar-refractivity contribution in [3.05, 3.63) is 29.8 Å². The van der Waals surface area contributed by atoms with E-state index in [0.717, 1.165) is 44.6 Å². The largest absolute Gasteiger partial charge is 0.461 e. The minimum Gasteiger partial charge on any atom is -0.428 e. The minimum atomic E-state index is -4.48. The van der Waals surface area contributed by atoms with Gasteiger partial charge in [0.1, 0.15) is 5.75 Å². The molecule has 0 aromatic heterocycles. The summed E-state index contributed by atoms with van der Waals surface area (Å²) < 4.78 is 55.6. The summed E-state index contributed by atoms with van der Waals surface area (Å²) in [6.45, 7) is 3.56. The highest BCUT2D eigenvalue weighted by Gasteiger charge is 2.44. The molecule has 1 atom stereocenters. The minimum absolute atomic E-state index is 0. The Hall–Kier alpha value is -0.760. The zero-order valence-electron chi connectivity index (χ0n) is 14.9. The van der Waals surface area contributed by atoms with Gasteiger partial charge in [0, 0.05) is 32.2 Å². The first-order valence-electron chi connectivity index (χ1n) is 8.87. The third kappa shape index (κ3) is 6.11. The van der Waals surface area contributed by atoms with E-state index in [1.807, 2.05) is 6.07 Å². The Labute approximate surface area is 169 Å². The second-order valence-corrected chi connectivity index (χ2v) is 6.81. The molecule has 0 amide bonds. The van der Waals surface area contributed by atoms with Crippen LogP contribution in [0.1, 0.15) is 37.3 Å². The molecule has 0 spiro atoms. The van der Waals surface area contributed by atoms with Gasteiger partial charge < -0.3 is 10.1 Å². The monoisotopic (exact) mass is 432 g/mol. The number of hydrogen-bond acceptors (Lipinski definition) is 3. The topological polar surface area (TPSA) is 24.5 Å². The summed E-state index contributed by atoms with van der Waals surface area (Å²) >= 11 is 0. The lowest BCUT2D eigenvalue weighted by molar-refractivity contribution is -0.253. The number of halogens is 6. The van der Waals surface area contributed by atoms with Crippen molar-refractivity contribution in [3.8, 4) is 5.75 Å². The average molecular weight is 433 g/mol. The molecule has 156 valence electrons. The van der Waals surface area contributed by atoms with E-state index in [0.29, 0.717) is 5.92 Å². The van der Waals surface area contributed by atoms with Crippen LogP contribution in [-0.2, 0) is 0 Å². The molecule has 0 bridgehead atoms. The van der Waals surface area contributed by atoms with Crippen LogP contribution in [-0.4, -0.2) is 43.6 Å². The van der Waals surface area contributed by atoms with Crippen molar-refractivity contribution in [2.75, 3.05) is 26.2 Å². The zero-order valence-corrected chi connectivity index (χ0v) is 16.5. The summed E-state index contributed by atoms with van der Waals surface area (Å²) in [5.74, 6) is 0.255. The molecule has 0 unspecified atom stereocenters. The number of piperazine rings is 1. The molecule has 1 N–H and O–H groups in total. The van der Waals surface area contributed by atoms with Crippen molar-refractivity contribution in [3.63, 3.8) is 0 Å². The van der Waals surface area contributed by atoms with Crippen molar-refractivity contribution >= 4 is 24.8 Å². The number of benzene rings is 1. The van der Waals surface area contributed by atoms with E-state index < -0.39 is 12.5 Å². The van der Waals surface area contributed by atoms with Crippen molar-refractivity contribution < 1.29 is 22.3 Å². The third-order valence-electron chi connectivity index (χ3n) is 5.10. The van der Waals surface area contributed by atoms with Gasteiger partial charge in [-0.15, -0.1) is 24.8 Å². The number of hydrogen-bond donors (Lipinski definition) is 1. The van der Waals surface area contributed by atoms with Crippen LogP contribution in [0.3, 0.4) is 0 Å². The summed E-state index contributed by atoms with van der Waals surface area (Å²) in [7, 11) is 0. The molecule has 1 aliphatic carbocycles. The maximum absolute atomic E-state index is 13.2. The summed E-state index contributed by atoms with van der Waals surface area (Å²) in [6.07, 6.45) is -3.77. The molecular weight excluding hydrogens is 407 g/mol. The average Bonchev–Trinajstić information content (AvgIpc) is 3.10. The predicted molar refractivity (Wildman–Crippen MR) is 102 cm³/mol. The Morgan fingerprint density at radius 2 is 1.70 bits per heavy atom. The Kier molecular flexibility index (Phi) is 9.62. The molecule has 3 rings (SSSR count). The van der Waals surface area contributed by atoms with E-state index in [2.05, 4.69) is 15.0 Å². The second-order valence-electron chi connectivity index (χ2n) is 6.81. The van der Waals surface area contributed by atoms with Gasteiger partial charge in [0.15, 0.2) is 0 Å². The first-order valence-corrected chi connectivity index (χ1v) is 8.87. The molecule has 3 nitrogen and oxygen atoms in total. The van der Waals surface area contributed by atoms with Crippen LogP contribution in [0, 0.1) is 5.92 Å². The molecule has 2 aliphatic rings. The Morgan fingerprint density at radius 3 is 2.30 bits per heavy atom. The van der Waals surface area contributed by atoms with Gasteiger partial charge in [-0.1, -0.05) is 25.0 Å². The lowest BCUT2D eigenvalue weighted by atomic mass is 9.89. The summed E-state index contributed by atoms with van der Waals surface area (Å²) in [5, 5.41) is 3.32. The third-order valence-corrected chi connectivity index (χ3v) is 5.10. The Morgan fingerprint density at radius 1 is 1.07 bits per heavy atom. The molecule has 1 aromatic rings. The summed E-state index contributed by atoms with van der Waals surface area (Å²) in [6, 6.07) is 6.42. The van der Waals surface area contributed by atoms with Crippen LogP contribution in [0.25, 0.3) is 0 Å². The summed E-state index contributed by atoms with van der Waals surface area (Å²) in [5.41, 5.74) is 0.872. The molecule has 1 aliphatic heterocycles. The highest BCUT2D eigenvalue weighted by molar-refractivity contribution is 5.85. The molecule has 1 aromatic carbocycles. The van der Waals surface area contributed by atoms with Gasteiger partial charge in [0.25, 0.3) is 0 Å². The van der Waals surface area contributed by atoms with Gasteiger partial charge >= 0.3 is 12.5 Å². The first-order chi connectivity index (χ1) is 12.0. The van der Waals surface area contributed by atoms with E-state index in [1.165, 1.54) is 25.0 Å². The second kappa shape index (κ2) is 10.7. The van der Waals surface area contributed by atoms with Crippen LogP contribution in [0.15, 0.2) is 24.3 Å². The fourth-order valence-corrected chi connectivity index (χ4v) is 3.98. The zero-order chi connectivity index (χ0) is 17.9. The fourth-order valence-electron chi connectivity index (χ4n) is 3.98. The summed E-state index contributed by atoms with van der Waals surface area (Å²) in [4.78, 5) is 2.37. The lowest BCUT2D eigenvalue weighted by Crippen LogP contribution is -2.46. The highest BCUT2D eigenvalue weighted by atomic mass is 35.5. The van der Waals surface area contributed by atoms with E-state index in [-0.39, 0.29) is 36.6 Å². The van der Waals surface area contributed by atoms with Gasteiger partial charge in [0.2, 0.25) is 0 Å². The number of nitrogens with one attached hydrogen (secondary N) is 1. The number of rotatable bonds is 6. The standard InChI is InChI=1S/C18H24F4N2O.2ClH/c19-17(20)18(21,22)25-15-7-3-6-14(12-15)16(13-4-1-2-5-13)24-10-8-23-9-11-24;;/h3,6-7,12-13,16-17,23H,1-2,4-5,8-11H2;2*1H/t16-;;/m0../s1. The molecule has 1 heterocycles. The Balaban J connectivity index is 0.00000182. The van der Waals surface area contributed by atoms with Gasteiger partial charge in [-0.25, -0.2) is 0 Å². The maximum atomic E-state index is 13.2. The van der Waals surface area contributed by atoms with Gasteiger partial charge in [-0.3, -0.25) is 4.90 Å². The maximum Gasteiger partial charge on any atom is 0.461 e. The van der Waals surface area contributed by atoms with Crippen molar-refractivity contribution in [2.45, 2.75) is 44.3 Å². The van der Waals surface area contributed by atoms with Crippen LogP contribution >= 0.6 is 24.8 Å². The van der Waals surface area contributed by atoms with Crippen molar-refractivity contribution in [1.82, 2.24) is 10.2 Å². The predicted octanol–water partition coefficient (Wildman–Crippen LogP) is 4.90. The normalized spacial score (nSPS) is 20.0. The number of nitrogens with zero attached hydrogens (tertiary/aromatic N) is 1. The van der Waals surface area contributed by atoms with E-state index in [9.17, 15) is 17.6 Å². The smallest absolute Gasteiger partial charge is 0.428 e. The molecule has 1 saturated heterocycles. The van der Waals surface area contributed by atoms with Gasteiger partial charge in [-0.2, -0.15) is 17.6 Å². The van der Waals surface area contributed by atoms with Crippen LogP contribution < -0.4 is 10.1 Å². The molecular formula is C18H26Cl2F4N2O. The van der Waals surface area contributed by atoms with Crippen molar-refractivity contribution in [2.24, 2.45) is 5.92 Å². The van der Waals surface area contributed by atoms with Gasteiger partial charge in [0.05, 0.1) is 0 Å². The Bertz CT molecular complexity index is 568. The molecule has 2 fully saturated rings. The highest BCUT2D eigenvalue weighted by Crippen LogP contribution is 2.41. The quantitative estimate of drug-likeness (QED) is 0.646. The number of alkyl halides is 4. The molecule has 9 heteroatoms. The fraction of sp³-hybridized carbons (Fsp3) is 0.667. The van der Waals surface area contributed by atoms with E-state index in [4.69, 9.17) is 0 Å². The van der Waals surface area contributed by atoms with E-state index in [1.54, 1.807) is 6.07 Å². The SMILES string of the molecule is Cl.Cl.FC(F)C(F)(F)Oc1cccc([C@H](C2CCCC2)N2CCNCC2)c1. The molecule has 0 radical (unpaired) electrons. The lowest BCUT2D eigenvalue weighted by Gasteiger charge is -2.38. The molecule has 27 heavy (non-hydrogen) atoms. The van der Waals surface area contributed by atoms with Crippen molar-refractivity contribution in [1.29, 1.82) is 0 Å². The first kappa shape index (κ1) is 24.3. The van der Waals surface area contributed by atoms with E-state index >= 15 is 0 Å². The van der Waals surface area contributed by atoms with Gasteiger partial charge in [-0.05, 0) is 36.5 Å². The van der Waals surface area contributed by atoms with Crippen LogP contribution in [0.2, 0.25) is 0 Å². The number of ether oxygens (including phenoxy) is 1. The van der Waals surface area contributed by atoms with Crippen LogP contribution in [0.5, 0.6) is 5.75 Å².